The van der Waals surface area contributed by atoms with Gasteiger partial charge in [-0.3, -0.25) is 0 Å². The van der Waals surface area contributed by atoms with Crippen LogP contribution in [0.15, 0.2) is 36.4 Å². The molecule has 0 radical (unpaired) electrons. The van der Waals surface area contributed by atoms with Gasteiger partial charge in [-0.25, -0.2) is 0 Å². The zero-order chi connectivity index (χ0) is 22.9. The van der Waals surface area contributed by atoms with Gasteiger partial charge in [0, 0.05) is 5.56 Å². The van der Waals surface area contributed by atoms with E-state index in [0.717, 1.165) is 10.9 Å². The van der Waals surface area contributed by atoms with Crippen LogP contribution in [0.1, 0.15) is 47.1 Å². The fourth-order valence-electron chi connectivity index (χ4n) is 4.21. The van der Waals surface area contributed by atoms with Crippen molar-refractivity contribution in [3.63, 3.8) is 0 Å². The van der Waals surface area contributed by atoms with Gasteiger partial charge in [0.2, 0.25) is 0 Å². The molecule has 0 aliphatic heterocycles. The maximum atomic E-state index is 12.6. The molecule has 0 bridgehead atoms. The fraction of sp³-hybridized carbons (Fsp3) is 0.455. The molecule has 0 unspecified atom stereocenters. The summed E-state index contributed by atoms with van der Waals surface area (Å²) in [7, 11) is -7.66. The van der Waals surface area contributed by atoms with Crippen LogP contribution in [-0.2, 0) is 10.1 Å². The van der Waals surface area contributed by atoms with Crippen LogP contribution in [0.2, 0.25) is 16.6 Å². The molecule has 8 heteroatoms. The van der Waals surface area contributed by atoms with E-state index in [0.29, 0.717) is 22.0 Å². The first kappa shape index (κ1) is 24.3. The molecule has 2 rings (SSSR count). The minimum absolute atomic E-state index is 0.389. The Hall–Kier alpha value is -1.98. The molecule has 0 amide bonds. The molecular weight excluding hydrogens is 429 g/mol. The van der Waals surface area contributed by atoms with Crippen molar-refractivity contribution in [1.82, 2.24) is 0 Å². The summed E-state index contributed by atoms with van der Waals surface area (Å²) in [5.41, 5.74) is 0.304. The van der Waals surface area contributed by atoms with E-state index in [2.05, 4.69) is 57.2 Å². The largest absolute Gasteiger partial charge is 0.534 e. The molecule has 164 valence electrons. The molecule has 2 aromatic carbocycles. The van der Waals surface area contributed by atoms with Crippen LogP contribution >= 0.6 is 0 Å². The molecule has 0 N–H and O–H groups in total. The van der Waals surface area contributed by atoms with Gasteiger partial charge in [0.25, 0.3) is 0 Å². The highest BCUT2D eigenvalue weighted by atomic mass is 32.2. The molecule has 2 aromatic rings. The number of alkyl halides is 3. The summed E-state index contributed by atoms with van der Waals surface area (Å²) in [6.45, 7) is 13.3. The Morgan fingerprint density at radius 1 is 0.933 bits per heavy atom. The Morgan fingerprint density at radius 2 is 1.50 bits per heavy atom. The number of hydrogen-bond acceptors (Lipinski definition) is 3. The van der Waals surface area contributed by atoms with E-state index in [1.807, 2.05) is 6.07 Å². The first-order chi connectivity index (χ1) is 13.7. The lowest BCUT2D eigenvalue weighted by Crippen LogP contribution is -2.43. The molecule has 0 aliphatic rings. The average molecular weight is 457 g/mol. The van der Waals surface area contributed by atoms with E-state index in [1.54, 1.807) is 18.2 Å². The first-order valence-corrected chi connectivity index (χ1v) is 13.4. The lowest BCUT2D eigenvalue weighted by molar-refractivity contribution is -0.0500. The van der Waals surface area contributed by atoms with Crippen LogP contribution < -0.4 is 4.18 Å². The normalized spacial score (nSPS) is 13.1. The van der Waals surface area contributed by atoms with Crippen LogP contribution in [0.3, 0.4) is 0 Å². The summed E-state index contributed by atoms with van der Waals surface area (Å²) in [5.74, 6) is 2.95. The summed E-state index contributed by atoms with van der Waals surface area (Å²) < 4.78 is 64.5. The fourth-order valence-corrected chi connectivity index (χ4v) is 9.87. The predicted molar refractivity (Wildman–Crippen MR) is 117 cm³/mol. The van der Waals surface area contributed by atoms with E-state index in [9.17, 15) is 21.6 Å². The molecule has 0 heterocycles. The zero-order valence-electron chi connectivity index (χ0n) is 18.0. The monoisotopic (exact) mass is 456 g/mol. The van der Waals surface area contributed by atoms with Gasteiger partial charge in [-0.15, -0.1) is 5.54 Å². The van der Waals surface area contributed by atoms with Gasteiger partial charge in [-0.2, -0.15) is 21.6 Å². The molecular formula is C22H27F3O3SSi. The molecule has 30 heavy (non-hydrogen) atoms. The predicted octanol–water partition coefficient (Wildman–Crippen LogP) is 6.64. The number of rotatable bonds is 5. The van der Waals surface area contributed by atoms with E-state index in [4.69, 9.17) is 0 Å². The Kier molecular flexibility index (Phi) is 6.99. The van der Waals surface area contributed by atoms with E-state index < -0.39 is 23.7 Å². The number of halogens is 3. The van der Waals surface area contributed by atoms with Gasteiger partial charge in [-0.05, 0) is 51.7 Å². The SMILES string of the molecule is CC(C)[Si](C#Cc1cccc2cc(OS(=O)(=O)C(F)(F)F)ccc12)(C(C)C)C(C)C. The molecule has 0 saturated carbocycles. The number of benzene rings is 2. The lowest BCUT2D eigenvalue weighted by Gasteiger charge is -2.38. The van der Waals surface area contributed by atoms with Gasteiger partial charge < -0.3 is 4.18 Å². The molecule has 0 atom stereocenters. The maximum Gasteiger partial charge on any atom is 0.534 e. The molecule has 0 aromatic heterocycles. The molecule has 0 saturated heterocycles. The Morgan fingerprint density at radius 3 is 2.00 bits per heavy atom. The molecule has 0 spiro atoms. The topological polar surface area (TPSA) is 43.4 Å². The minimum Gasteiger partial charge on any atom is -0.376 e. The van der Waals surface area contributed by atoms with Crippen molar-refractivity contribution in [2.45, 2.75) is 63.7 Å². The minimum atomic E-state index is -5.71. The Labute approximate surface area is 177 Å². The summed E-state index contributed by atoms with van der Waals surface area (Å²) in [6.07, 6.45) is 0. The average Bonchev–Trinajstić information content (AvgIpc) is 2.59. The van der Waals surface area contributed by atoms with Crippen molar-refractivity contribution in [3.05, 3.63) is 42.0 Å². The molecule has 0 fully saturated rings. The second kappa shape index (κ2) is 8.64. The smallest absolute Gasteiger partial charge is 0.376 e. The maximum absolute atomic E-state index is 12.6. The van der Waals surface area contributed by atoms with Crippen molar-refractivity contribution >= 4 is 29.0 Å². The summed E-state index contributed by atoms with van der Waals surface area (Å²) in [4.78, 5) is 0. The van der Waals surface area contributed by atoms with Crippen LogP contribution in [0.25, 0.3) is 10.8 Å². The van der Waals surface area contributed by atoms with E-state index >= 15 is 0 Å². The second-order valence-electron chi connectivity index (χ2n) is 8.32. The standard InChI is InChI=1S/C22H27F3O3SSi/c1-15(2)30(16(3)4,17(5)6)13-12-18-8-7-9-19-14-20(10-11-21(18)19)28-29(26,27)22(23,24)25/h7-11,14-17H,1-6H3. The van der Waals surface area contributed by atoms with Crippen molar-refractivity contribution in [1.29, 1.82) is 0 Å². The quantitative estimate of drug-likeness (QED) is 0.219. The van der Waals surface area contributed by atoms with Gasteiger partial charge in [-0.1, -0.05) is 59.6 Å². The van der Waals surface area contributed by atoms with E-state index in [-0.39, 0.29) is 5.75 Å². The van der Waals surface area contributed by atoms with Gasteiger partial charge in [0.05, 0.1) is 0 Å². The van der Waals surface area contributed by atoms with Crippen LogP contribution in [-0.4, -0.2) is 22.0 Å². The van der Waals surface area contributed by atoms with Crippen LogP contribution in [0.5, 0.6) is 5.75 Å². The number of fused-ring (bicyclic) bond motifs is 1. The van der Waals surface area contributed by atoms with Crippen molar-refractivity contribution in [3.8, 4) is 17.2 Å². The Bertz CT molecular complexity index is 1060. The van der Waals surface area contributed by atoms with E-state index in [1.165, 1.54) is 12.1 Å². The zero-order valence-corrected chi connectivity index (χ0v) is 19.8. The third-order valence-electron chi connectivity index (χ3n) is 5.62. The number of hydrogen-bond donors (Lipinski definition) is 0. The van der Waals surface area contributed by atoms with Crippen molar-refractivity contribution in [2.75, 3.05) is 0 Å². The summed E-state index contributed by atoms with van der Waals surface area (Å²) >= 11 is 0. The lowest BCUT2D eigenvalue weighted by atomic mass is 10.1. The van der Waals surface area contributed by atoms with Crippen LogP contribution in [0.4, 0.5) is 13.2 Å². The third kappa shape index (κ3) is 4.67. The van der Waals surface area contributed by atoms with Crippen molar-refractivity contribution < 1.29 is 25.8 Å². The molecule has 3 nitrogen and oxygen atoms in total. The van der Waals surface area contributed by atoms with Crippen molar-refractivity contribution in [2.24, 2.45) is 0 Å². The van der Waals surface area contributed by atoms with Crippen LogP contribution in [0, 0.1) is 11.5 Å². The second-order valence-corrected chi connectivity index (χ2v) is 15.4. The highest BCUT2D eigenvalue weighted by molar-refractivity contribution is 7.88. The summed E-state index contributed by atoms with van der Waals surface area (Å²) in [5, 5.41) is 1.29. The highest BCUT2D eigenvalue weighted by Gasteiger charge is 2.48. The summed E-state index contributed by atoms with van der Waals surface area (Å²) in [6, 6.07) is 9.34. The Balaban J connectivity index is 2.53. The highest BCUT2D eigenvalue weighted by Crippen LogP contribution is 2.41. The molecule has 0 aliphatic carbocycles. The van der Waals surface area contributed by atoms with Gasteiger partial charge in [0.15, 0.2) is 0 Å². The van der Waals surface area contributed by atoms with Gasteiger partial charge >= 0.3 is 15.6 Å². The third-order valence-corrected chi connectivity index (χ3v) is 12.9. The first-order valence-electron chi connectivity index (χ1n) is 9.79. The van der Waals surface area contributed by atoms with Gasteiger partial charge in [0.1, 0.15) is 13.8 Å².